The van der Waals surface area contributed by atoms with Crippen molar-refractivity contribution in [3.05, 3.63) is 32.8 Å². The predicted octanol–water partition coefficient (Wildman–Crippen LogP) is 2.15. The normalized spacial score (nSPS) is 10.8. The minimum absolute atomic E-state index is 0.0900. The molecule has 0 aromatic heterocycles. The highest BCUT2D eigenvalue weighted by molar-refractivity contribution is 6.45. The Hall–Kier alpha value is -1.48. The molecular weight excluding hydrogens is 284 g/mol. The van der Waals surface area contributed by atoms with E-state index in [9.17, 15) is 0 Å². The second kappa shape index (κ2) is 5.73. The van der Waals surface area contributed by atoms with Gasteiger partial charge in [-0.1, -0.05) is 34.8 Å². The number of nitrogens with two attached hydrogens (primary N) is 2. The molecule has 0 saturated heterocycles. The molecule has 0 radical (unpaired) electrons. The maximum Gasteiger partial charge on any atom is 0.211 e. The van der Waals surface area contributed by atoms with Gasteiger partial charge < -0.3 is 11.5 Å². The number of nitriles is 1. The van der Waals surface area contributed by atoms with Crippen molar-refractivity contribution in [1.29, 1.82) is 5.26 Å². The first kappa shape index (κ1) is 13.6. The largest absolute Gasteiger partial charge is 0.369 e. The topological polar surface area (TPSA) is 101 Å². The number of hydrogen-bond acceptors (Lipinski definition) is 3. The van der Waals surface area contributed by atoms with Gasteiger partial charge in [0.1, 0.15) is 6.07 Å². The van der Waals surface area contributed by atoms with Crippen molar-refractivity contribution < 1.29 is 0 Å². The lowest BCUT2D eigenvalue weighted by Gasteiger charge is -2.03. The Kier molecular flexibility index (Phi) is 4.58. The van der Waals surface area contributed by atoms with Gasteiger partial charge in [-0.05, 0) is 12.1 Å². The Morgan fingerprint density at radius 3 is 2.35 bits per heavy atom. The van der Waals surface area contributed by atoms with Crippen LogP contribution in [-0.4, -0.2) is 11.7 Å². The summed E-state index contributed by atoms with van der Waals surface area (Å²) in [6.45, 7) is 0. The van der Waals surface area contributed by atoms with Gasteiger partial charge in [0, 0.05) is 10.6 Å². The number of halogens is 3. The van der Waals surface area contributed by atoms with E-state index < -0.39 is 0 Å². The van der Waals surface area contributed by atoms with Crippen LogP contribution in [0.5, 0.6) is 0 Å². The molecule has 0 bridgehead atoms. The highest BCUT2D eigenvalue weighted by Gasteiger charge is 2.12. The quantitative estimate of drug-likeness (QED) is 0.377. The van der Waals surface area contributed by atoms with Crippen molar-refractivity contribution in [3.8, 4) is 6.07 Å². The zero-order chi connectivity index (χ0) is 13.0. The Labute approximate surface area is 112 Å². The molecule has 0 spiro atoms. The molecule has 4 N–H and O–H groups in total. The fourth-order valence-corrected chi connectivity index (χ4v) is 1.66. The van der Waals surface area contributed by atoms with E-state index in [1.54, 1.807) is 6.07 Å². The van der Waals surface area contributed by atoms with Gasteiger partial charge in [0.2, 0.25) is 5.96 Å². The summed E-state index contributed by atoms with van der Waals surface area (Å²) >= 11 is 17.5. The molecule has 0 amide bonds. The molecule has 0 atom stereocenters. The van der Waals surface area contributed by atoms with Gasteiger partial charge in [-0.15, -0.1) is 10.2 Å². The number of benzene rings is 1. The Bertz CT molecular complexity index is 540. The molecule has 0 aliphatic heterocycles. The van der Waals surface area contributed by atoms with Crippen LogP contribution in [0.1, 0.15) is 5.56 Å². The monoisotopic (exact) mass is 289 g/mol. The summed E-state index contributed by atoms with van der Waals surface area (Å²) in [5.74, 6) is -0.276. The summed E-state index contributed by atoms with van der Waals surface area (Å²) in [7, 11) is 0. The number of hydrogen-bond donors (Lipinski definition) is 2. The average Bonchev–Trinajstić information content (AvgIpc) is 2.25. The van der Waals surface area contributed by atoms with E-state index in [0.717, 1.165) is 0 Å². The minimum Gasteiger partial charge on any atom is -0.369 e. The number of rotatable bonds is 2. The average molecular weight is 291 g/mol. The highest BCUT2D eigenvalue weighted by Crippen LogP contribution is 2.30. The molecule has 1 aromatic rings. The maximum atomic E-state index is 8.92. The van der Waals surface area contributed by atoms with Crippen LogP contribution in [0.4, 0.5) is 0 Å². The lowest BCUT2D eigenvalue weighted by Crippen LogP contribution is -2.22. The molecule has 88 valence electrons. The molecule has 17 heavy (non-hydrogen) atoms. The van der Waals surface area contributed by atoms with E-state index in [1.807, 2.05) is 0 Å². The van der Waals surface area contributed by atoms with Gasteiger partial charge in [-0.2, -0.15) is 5.26 Å². The zero-order valence-electron chi connectivity index (χ0n) is 8.28. The minimum atomic E-state index is -0.276. The summed E-state index contributed by atoms with van der Waals surface area (Å²) in [6.07, 6.45) is 0. The lowest BCUT2D eigenvalue weighted by molar-refractivity contribution is 1.20. The van der Waals surface area contributed by atoms with Gasteiger partial charge in [-0.25, -0.2) is 0 Å². The standard InChI is InChI=1S/C9H6Cl3N5/c10-4-1-5(8(12)6(11)2-4)7(3-13)16-17-9(14)15/h1-2H,(H4,14,15,17). The van der Waals surface area contributed by atoms with Crippen LogP contribution in [0.25, 0.3) is 0 Å². The molecule has 1 rings (SSSR count). The first-order valence-electron chi connectivity index (χ1n) is 4.17. The molecule has 0 unspecified atom stereocenters. The first-order valence-corrected chi connectivity index (χ1v) is 5.30. The molecule has 0 fully saturated rings. The molecule has 0 aliphatic rings. The van der Waals surface area contributed by atoms with Crippen LogP contribution >= 0.6 is 34.8 Å². The third-order valence-corrected chi connectivity index (χ3v) is 2.64. The molecule has 5 nitrogen and oxygen atoms in total. The number of nitrogens with zero attached hydrogens (tertiary/aromatic N) is 3. The van der Waals surface area contributed by atoms with E-state index >= 15 is 0 Å². The SMILES string of the molecule is N#CC(=NN=C(N)N)c1cc(Cl)cc(Cl)c1Cl. The molecule has 1 aromatic carbocycles. The van der Waals surface area contributed by atoms with E-state index in [-0.39, 0.29) is 27.3 Å². The maximum absolute atomic E-state index is 8.92. The van der Waals surface area contributed by atoms with Gasteiger partial charge in [-0.3, -0.25) is 0 Å². The van der Waals surface area contributed by atoms with Crippen molar-refractivity contribution >= 4 is 46.5 Å². The second-order valence-corrected chi connectivity index (χ2v) is 4.06. The highest BCUT2D eigenvalue weighted by atomic mass is 35.5. The van der Waals surface area contributed by atoms with Crippen LogP contribution in [0.2, 0.25) is 15.1 Å². The Balaban J connectivity index is 3.37. The van der Waals surface area contributed by atoms with E-state index in [1.165, 1.54) is 12.1 Å². The van der Waals surface area contributed by atoms with Crippen molar-refractivity contribution in [3.63, 3.8) is 0 Å². The third kappa shape index (κ3) is 3.49. The van der Waals surface area contributed by atoms with Gasteiger partial charge >= 0.3 is 0 Å². The van der Waals surface area contributed by atoms with Crippen molar-refractivity contribution in [2.75, 3.05) is 0 Å². The Morgan fingerprint density at radius 2 is 1.82 bits per heavy atom. The van der Waals surface area contributed by atoms with Crippen molar-refractivity contribution in [2.24, 2.45) is 21.7 Å². The predicted molar refractivity (Wildman–Crippen MR) is 69.4 cm³/mol. The Morgan fingerprint density at radius 1 is 1.18 bits per heavy atom. The molecule has 0 saturated carbocycles. The summed E-state index contributed by atoms with van der Waals surface area (Å²) < 4.78 is 0. The fourth-order valence-electron chi connectivity index (χ4n) is 0.972. The summed E-state index contributed by atoms with van der Waals surface area (Å²) in [6, 6.07) is 4.69. The van der Waals surface area contributed by atoms with E-state index in [0.29, 0.717) is 5.02 Å². The van der Waals surface area contributed by atoms with Crippen LogP contribution in [0.15, 0.2) is 22.3 Å². The zero-order valence-corrected chi connectivity index (χ0v) is 10.6. The summed E-state index contributed by atoms with van der Waals surface area (Å²) in [5.41, 5.74) is 10.4. The second-order valence-electron chi connectivity index (χ2n) is 2.83. The van der Waals surface area contributed by atoms with Gasteiger partial charge in [0.15, 0.2) is 5.71 Å². The van der Waals surface area contributed by atoms with Crippen LogP contribution < -0.4 is 11.5 Å². The first-order chi connectivity index (χ1) is 7.95. The summed E-state index contributed by atoms with van der Waals surface area (Å²) in [5, 5.41) is 16.5. The van der Waals surface area contributed by atoms with E-state index in [4.69, 9.17) is 51.5 Å². The van der Waals surface area contributed by atoms with Gasteiger partial charge in [0.05, 0.1) is 10.0 Å². The fraction of sp³-hybridized carbons (Fsp3) is 0. The van der Waals surface area contributed by atoms with Crippen LogP contribution in [0, 0.1) is 11.3 Å². The number of guanidine groups is 1. The molecule has 0 aliphatic carbocycles. The summed E-state index contributed by atoms with van der Waals surface area (Å²) in [4.78, 5) is 0. The molecule has 0 heterocycles. The molecular formula is C9H6Cl3N5. The van der Waals surface area contributed by atoms with Crippen LogP contribution in [0.3, 0.4) is 0 Å². The smallest absolute Gasteiger partial charge is 0.211 e. The van der Waals surface area contributed by atoms with Crippen LogP contribution in [-0.2, 0) is 0 Å². The van der Waals surface area contributed by atoms with Gasteiger partial charge in [0.25, 0.3) is 0 Å². The van der Waals surface area contributed by atoms with E-state index in [2.05, 4.69) is 10.2 Å². The van der Waals surface area contributed by atoms with Crippen molar-refractivity contribution in [1.82, 2.24) is 0 Å². The van der Waals surface area contributed by atoms with Crippen molar-refractivity contribution in [2.45, 2.75) is 0 Å². The third-order valence-electron chi connectivity index (χ3n) is 1.62. The lowest BCUT2D eigenvalue weighted by atomic mass is 10.1. The molecule has 8 heteroatoms.